The van der Waals surface area contributed by atoms with Gasteiger partial charge in [0.2, 0.25) is 0 Å². The van der Waals surface area contributed by atoms with Crippen molar-refractivity contribution in [2.75, 3.05) is 20.8 Å². The predicted molar refractivity (Wildman–Crippen MR) is 63.6 cm³/mol. The first-order chi connectivity index (χ1) is 6.57. The fourth-order valence-corrected chi connectivity index (χ4v) is 2.11. The molecule has 0 heterocycles. The van der Waals surface area contributed by atoms with Crippen molar-refractivity contribution < 1.29 is 9.47 Å². The zero-order chi connectivity index (χ0) is 11.2. The molecule has 0 aliphatic rings. The molecule has 0 aliphatic carbocycles. The lowest BCUT2D eigenvalue weighted by molar-refractivity contribution is -0.0938. The SMILES string of the molecule is BC(C)C(C=C)C(CC)(COC)OC. The molecule has 0 aromatic rings. The van der Waals surface area contributed by atoms with Crippen molar-refractivity contribution in [3.8, 4) is 0 Å². The number of hydrogen-bond donors (Lipinski definition) is 0. The maximum atomic E-state index is 5.65. The van der Waals surface area contributed by atoms with E-state index in [9.17, 15) is 0 Å². The van der Waals surface area contributed by atoms with E-state index in [0.29, 0.717) is 18.3 Å². The standard InChI is InChI=1S/C11H23BO2/c1-6-10(9(3)12)11(7-2,14-5)8-13-4/h6,9-10H,1,7-8,12H2,2-5H3. The largest absolute Gasteiger partial charge is 0.382 e. The van der Waals surface area contributed by atoms with Crippen molar-refractivity contribution >= 4 is 7.85 Å². The van der Waals surface area contributed by atoms with Gasteiger partial charge < -0.3 is 9.47 Å². The van der Waals surface area contributed by atoms with E-state index in [4.69, 9.17) is 9.47 Å². The number of rotatable bonds is 7. The number of methoxy groups -OCH3 is 2. The number of hydrogen-bond acceptors (Lipinski definition) is 2. The van der Waals surface area contributed by atoms with Crippen LogP contribution in [0.1, 0.15) is 20.3 Å². The van der Waals surface area contributed by atoms with Gasteiger partial charge in [-0.05, 0) is 6.42 Å². The van der Waals surface area contributed by atoms with Crippen LogP contribution in [0.25, 0.3) is 0 Å². The molecule has 14 heavy (non-hydrogen) atoms. The van der Waals surface area contributed by atoms with E-state index in [1.54, 1.807) is 14.2 Å². The van der Waals surface area contributed by atoms with Gasteiger partial charge in [-0.25, -0.2) is 0 Å². The minimum atomic E-state index is -0.218. The van der Waals surface area contributed by atoms with Crippen molar-refractivity contribution in [3.63, 3.8) is 0 Å². The molecule has 0 aromatic heterocycles. The van der Waals surface area contributed by atoms with E-state index in [0.717, 1.165) is 6.42 Å². The Kier molecular flexibility index (Phi) is 6.13. The average Bonchev–Trinajstić information content (AvgIpc) is 2.17. The van der Waals surface area contributed by atoms with Crippen LogP contribution in [-0.2, 0) is 9.47 Å². The fraction of sp³-hybridized carbons (Fsp3) is 0.818. The minimum Gasteiger partial charge on any atom is -0.382 e. The minimum absolute atomic E-state index is 0.218. The second-order valence-electron chi connectivity index (χ2n) is 4.06. The summed E-state index contributed by atoms with van der Waals surface area (Å²) in [5.74, 6) is 0.847. The highest BCUT2D eigenvalue weighted by Crippen LogP contribution is 2.34. The van der Waals surface area contributed by atoms with Gasteiger partial charge in [0.05, 0.1) is 12.2 Å². The van der Waals surface area contributed by atoms with Crippen LogP contribution in [0, 0.1) is 5.92 Å². The van der Waals surface area contributed by atoms with E-state index < -0.39 is 0 Å². The highest BCUT2D eigenvalue weighted by atomic mass is 16.5. The summed E-state index contributed by atoms with van der Waals surface area (Å²) in [5, 5.41) is 0. The second kappa shape index (κ2) is 6.25. The molecular formula is C11H23BO2. The maximum Gasteiger partial charge on any atom is 0.105 e. The Morgan fingerprint density at radius 3 is 2.29 bits per heavy atom. The molecule has 0 fully saturated rings. The Morgan fingerprint density at radius 2 is 2.07 bits per heavy atom. The highest BCUT2D eigenvalue weighted by molar-refractivity contribution is 6.11. The first kappa shape index (κ1) is 13.7. The van der Waals surface area contributed by atoms with Crippen LogP contribution in [0.15, 0.2) is 12.7 Å². The molecule has 3 unspecified atom stereocenters. The molecule has 0 saturated heterocycles. The third kappa shape index (κ3) is 2.86. The predicted octanol–water partition coefficient (Wildman–Crippen LogP) is 1.67. The molecule has 2 nitrogen and oxygen atoms in total. The Morgan fingerprint density at radius 1 is 1.50 bits per heavy atom. The van der Waals surface area contributed by atoms with Crippen LogP contribution in [0.2, 0.25) is 5.82 Å². The van der Waals surface area contributed by atoms with Crippen molar-refractivity contribution in [2.24, 2.45) is 5.92 Å². The summed E-state index contributed by atoms with van der Waals surface area (Å²) in [4.78, 5) is 0. The maximum absolute atomic E-state index is 5.65. The van der Waals surface area contributed by atoms with Crippen LogP contribution in [0.3, 0.4) is 0 Å². The van der Waals surface area contributed by atoms with E-state index in [-0.39, 0.29) is 5.60 Å². The van der Waals surface area contributed by atoms with E-state index in [2.05, 4.69) is 28.3 Å². The molecule has 0 radical (unpaired) electrons. The smallest absolute Gasteiger partial charge is 0.105 e. The first-order valence-corrected chi connectivity index (χ1v) is 5.24. The third-order valence-corrected chi connectivity index (χ3v) is 2.97. The van der Waals surface area contributed by atoms with Gasteiger partial charge in [-0.2, -0.15) is 0 Å². The van der Waals surface area contributed by atoms with Crippen molar-refractivity contribution in [3.05, 3.63) is 12.7 Å². The first-order valence-electron chi connectivity index (χ1n) is 5.24. The highest BCUT2D eigenvalue weighted by Gasteiger charge is 2.37. The zero-order valence-electron chi connectivity index (χ0n) is 10.2. The Balaban J connectivity index is 4.81. The van der Waals surface area contributed by atoms with Gasteiger partial charge in [-0.15, -0.1) is 6.58 Å². The summed E-state index contributed by atoms with van der Waals surface area (Å²) in [6.07, 6.45) is 2.92. The van der Waals surface area contributed by atoms with E-state index in [1.165, 1.54) is 0 Å². The summed E-state index contributed by atoms with van der Waals surface area (Å²) in [6.45, 7) is 8.82. The molecule has 0 amide bonds. The molecule has 0 N–H and O–H groups in total. The molecule has 82 valence electrons. The van der Waals surface area contributed by atoms with Gasteiger partial charge in [0.1, 0.15) is 7.85 Å². The van der Waals surface area contributed by atoms with E-state index in [1.807, 2.05) is 6.08 Å². The van der Waals surface area contributed by atoms with Crippen LogP contribution < -0.4 is 0 Å². The fourth-order valence-electron chi connectivity index (χ4n) is 2.11. The zero-order valence-corrected chi connectivity index (χ0v) is 10.2. The molecule has 0 spiro atoms. The molecule has 0 saturated carbocycles. The quantitative estimate of drug-likeness (QED) is 0.457. The Hall–Kier alpha value is -0.275. The lowest BCUT2D eigenvalue weighted by Crippen LogP contribution is -2.44. The van der Waals surface area contributed by atoms with Crippen LogP contribution >= 0.6 is 0 Å². The molecule has 3 atom stereocenters. The van der Waals surface area contributed by atoms with Crippen LogP contribution in [-0.4, -0.2) is 34.3 Å². The molecule has 0 bridgehead atoms. The lowest BCUT2D eigenvalue weighted by Gasteiger charge is -2.39. The molecule has 0 aliphatic heterocycles. The summed E-state index contributed by atoms with van der Waals surface area (Å²) >= 11 is 0. The van der Waals surface area contributed by atoms with Crippen molar-refractivity contribution in [1.29, 1.82) is 0 Å². The van der Waals surface area contributed by atoms with E-state index >= 15 is 0 Å². The van der Waals surface area contributed by atoms with Gasteiger partial charge >= 0.3 is 0 Å². The van der Waals surface area contributed by atoms with Gasteiger partial charge in [0.25, 0.3) is 0 Å². The average molecular weight is 198 g/mol. The summed E-state index contributed by atoms with van der Waals surface area (Å²) in [7, 11) is 5.65. The monoisotopic (exact) mass is 198 g/mol. The topological polar surface area (TPSA) is 18.5 Å². The Bertz CT molecular complexity index is 165. The number of ether oxygens (including phenoxy) is 2. The van der Waals surface area contributed by atoms with Crippen molar-refractivity contribution in [2.45, 2.75) is 31.7 Å². The van der Waals surface area contributed by atoms with Gasteiger partial charge in [-0.3, -0.25) is 0 Å². The van der Waals surface area contributed by atoms with Gasteiger partial charge in [0.15, 0.2) is 0 Å². The Labute approximate surface area is 89.1 Å². The van der Waals surface area contributed by atoms with Crippen molar-refractivity contribution in [1.82, 2.24) is 0 Å². The summed E-state index contributed by atoms with van der Waals surface area (Å²) < 4.78 is 10.9. The second-order valence-corrected chi connectivity index (χ2v) is 4.06. The summed E-state index contributed by atoms with van der Waals surface area (Å²) in [5.41, 5.74) is -0.218. The molecular weight excluding hydrogens is 175 g/mol. The lowest BCUT2D eigenvalue weighted by atomic mass is 9.69. The van der Waals surface area contributed by atoms with Gasteiger partial charge in [0, 0.05) is 20.1 Å². The summed E-state index contributed by atoms with van der Waals surface area (Å²) in [6, 6.07) is 0. The molecule has 0 rings (SSSR count). The normalized spacial score (nSPS) is 19.7. The molecule has 3 heteroatoms. The third-order valence-electron chi connectivity index (χ3n) is 2.97. The van der Waals surface area contributed by atoms with Crippen LogP contribution in [0.5, 0.6) is 0 Å². The van der Waals surface area contributed by atoms with Gasteiger partial charge in [-0.1, -0.05) is 25.7 Å². The molecule has 0 aromatic carbocycles. The van der Waals surface area contributed by atoms with Crippen LogP contribution in [0.4, 0.5) is 0 Å².